The van der Waals surface area contributed by atoms with Crippen LogP contribution >= 0.6 is 0 Å². The summed E-state index contributed by atoms with van der Waals surface area (Å²) >= 11 is 0. The van der Waals surface area contributed by atoms with Gasteiger partial charge in [-0.1, -0.05) is 38.1 Å². The second kappa shape index (κ2) is 9.25. The number of rotatable bonds is 3. The van der Waals surface area contributed by atoms with Crippen molar-refractivity contribution >= 4 is 29.1 Å². The molecule has 2 aromatic rings. The van der Waals surface area contributed by atoms with E-state index in [-0.39, 0.29) is 11.3 Å². The molecule has 0 aromatic heterocycles. The molecule has 2 aromatic carbocycles. The van der Waals surface area contributed by atoms with Gasteiger partial charge in [0.15, 0.2) is 0 Å². The number of para-hydroxylation sites is 1. The highest BCUT2D eigenvalue weighted by Crippen LogP contribution is 2.33. The van der Waals surface area contributed by atoms with E-state index in [0.29, 0.717) is 12.2 Å². The Morgan fingerprint density at radius 2 is 1.85 bits per heavy atom. The number of amides is 3. The number of amidine groups is 1. The van der Waals surface area contributed by atoms with Gasteiger partial charge in [-0.3, -0.25) is 4.79 Å². The summed E-state index contributed by atoms with van der Waals surface area (Å²) in [5.41, 5.74) is 3.76. The molecule has 0 bridgehead atoms. The number of benzodiazepines with no additional fused rings is 1. The number of piperidine rings is 1. The molecule has 0 saturated carbocycles. The van der Waals surface area contributed by atoms with Crippen LogP contribution in [0.25, 0.3) is 0 Å². The van der Waals surface area contributed by atoms with E-state index in [2.05, 4.69) is 29.4 Å². The van der Waals surface area contributed by atoms with Gasteiger partial charge in [0.05, 0.1) is 5.69 Å². The Morgan fingerprint density at radius 3 is 2.55 bits per heavy atom. The van der Waals surface area contributed by atoms with Gasteiger partial charge < -0.3 is 20.4 Å². The van der Waals surface area contributed by atoms with Gasteiger partial charge in [-0.2, -0.15) is 0 Å². The predicted molar refractivity (Wildman–Crippen MR) is 133 cm³/mol. The lowest BCUT2D eigenvalue weighted by atomic mass is 9.82. The quantitative estimate of drug-likeness (QED) is 0.733. The molecule has 1 saturated heterocycles. The number of hydrogen-bond donors (Lipinski definition) is 2. The number of carbonyl (C=O) groups excluding carboxylic acids is 2. The number of benzene rings is 2. The SMILES string of the molecule is CCN1C(=O)C(NC(=O)Nc2cccc(C)c2)N=C(N2CCC(C)(C)CC2)c2ccccc21. The van der Waals surface area contributed by atoms with Crippen molar-refractivity contribution in [1.82, 2.24) is 10.2 Å². The molecule has 3 amide bonds. The highest BCUT2D eigenvalue weighted by atomic mass is 16.2. The first kappa shape index (κ1) is 22.8. The molecule has 2 heterocycles. The third-order valence-electron chi connectivity index (χ3n) is 6.46. The Labute approximate surface area is 195 Å². The van der Waals surface area contributed by atoms with Crippen LogP contribution in [-0.4, -0.2) is 48.5 Å². The monoisotopic (exact) mass is 447 g/mol. The minimum atomic E-state index is -1.01. The van der Waals surface area contributed by atoms with E-state index in [1.807, 2.05) is 62.4 Å². The zero-order chi connectivity index (χ0) is 23.6. The summed E-state index contributed by atoms with van der Waals surface area (Å²) in [5.74, 6) is 0.530. The highest BCUT2D eigenvalue weighted by molar-refractivity contribution is 6.12. The normalized spacial score (nSPS) is 19.9. The summed E-state index contributed by atoms with van der Waals surface area (Å²) in [4.78, 5) is 35.1. The first-order valence-electron chi connectivity index (χ1n) is 11.6. The third-order valence-corrected chi connectivity index (χ3v) is 6.46. The van der Waals surface area contributed by atoms with Crippen molar-refractivity contribution in [2.24, 2.45) is 10.4 Å². The number of hydrogen-bond acceptors (Lipinski definition) is 4. The lowest BCUT2D eigenvalue weighted by Crippen LogP contribution is -2.49. The average Bonchev–Trinajstić information content (AvgIpc) is 2.88. The van der Waals surface area contributed by atoms with Crippen LogP contribution in [0.1, 0.15) is 44.7 Å². The number of likely N-dealkylation sites (tertiary alicyclic amines) is 1. The van der Waals surface area contributed by atoms with Crippen LogP contribution in [0.4, 0.5) is 16.2 Å². The van der Waals surface area contributed by atoms with Crippen LogP contribution in [0.3, 0.4) is 0 Å². The second-order valence-corrected chi connectivity index (χ2v) is 9.57. The molecule has 1 atom stereocenters. The first-order valence-corrected chi connectivity index (χ1v) is 11.6. The summed E-state index contributed by atoms with van der Waals surface area (Å²) in [7, 11) is 0. The number of nitrogens with zero attached hydrogens (tertiary/aromatic N) is 3. The van der Waals surface area contributed by atoms with Gasteiger partial charge in [0, 0.05) is 30.9 Å². The van der Waals surface area contributed by atoms with E-state index < -0.39 is 12.2 Å². The van der Waals surface area contributed by atoms with Crippen LogP contribution in [0.5, 0.6) is 0 Å². The van der Waals surface area contributed by atoms with Crippen molar-refractivity contribution in [3.63, 3.8) is 0 Å². The number of fused-ring (bicyclic) bond motifs is 1. The van der Waals surface area contributed by atoms with Gasteiger partial charge in [-0.05, 0) is 61.9 Å². The number of carbonyl (C=O) groups is 2. The lowest BCUT2D eigenvalue weighted by Gasteiger charge is -2.38. The van der Waals surface area contributed by atoms with E-state index in [9.17, 15) is 9.59 Å². The molecule has 7 nitrogen and oxygen atoms in total. The Kier molecular flexibility index (Phi) is 6.40. The fraction of sp³-hybridized carbons (Fsp3) is 0.423. The van der Waals surface area contributed by atoms with Gasteiger partial charge >= 0.3 is 6.03 Å². The number of aliphatic imine (C=N–C) groups is 1. The van der Waals surface area contributed by atoms with E-state index in [1.54, 1.807) is 4.90 Å². The predicted octanol–water partition coefficient (Wildman–Crippen LogP) is 4.38. The standard InChI is InChI=1S/C26H33N5O2/c1-5-31-21-12-7-6-11-20(21)23(30-15-13-26(3,4)14-16-30)28-22(24(31)32)29-25(33)27-19-10-8-9-18(2)17-19/h6-12,17,22H,5,13-16H2,1-4H3,(H2,27,29,33). The van der Waals surface area contributed by atoms with Gasteiger partial charge in [-0.25, -0.2) is 9.79 Å². The third kappa shape index (κ3) is 5.02. The topological polar surface area (TPSA) is 77.0 Å². The fourth-order valence-electron chi connectivity index (χ4n) is 4.42. The molecule has 0 aliphatic carbocycles. The summed E-state index contributed by atoms with van der Waals surface area (Å²) < 4.78 is 0. The first-order chi connectivity index (χ1) is 15.8. The number of aryl methyl sites for hydroxylation is 1. The molecule has 33 heavy (non-hydrogen) atoms. The maximum Gasteiger partial charge on any atom is 0.321 e. The average molecular weight is 448 g/mol. The zero-order valence-electron chi connectivity index (χ0n) is 19.9. The number of urea groups is 1. The van der Waals surface area contributed by atoms with Crippen molar-refractivity contribution in [3.05, 3.63) is 59.7 Å². The molecule has 4 rings (SSSR count). The Bertz CT molecular complexity index is 1070. The molecule has 1 unspecified atom stereocenters. The summed E-state index contributed by atoms with van der Waals surface area (Å²) in [6.45, 7) is 10.7. The van der Waals surface area contributed by atoms with Crippen LogP contribution in [0, 0.1) is 12.3 Å². The minimum absolute atomic E-state index is 0.239. The lowest BCUT2D eigenvalue weighted by molar-refractivity contribution is -0.120. The molecular weight excluding hydrogens is 414 g/mol. The van der Waals surface area contributed by atoms with E-state index in [0.717, 1.165) is 48.6 Å². The van der Waals surface area contributed by atoms with Gasteiger partial charge in [0.1, 0.15) is 5.84 Å². The smallest absolute Gasteiger partial charge is 0.321 e. The number of likely N-dealkylation sites (N-methyl/N-ethyl adjacent to an activating group) is 1. The molecule has 1 fully saturated rings. The highest BCUT2D eigenvalue weighted by Gasteiger charge is 2.35. The van der Waals surface area contributed by atoms with Gasteiger partial charge in [-0.15, -0.1) is 0 Å². The zero-order valence-corrected chi connectivity index (χ0v) is 19.9. The van der Waals surface area contributed by atoms with Crippen LogP contribution < -0.4 is 15.5 Å². The Morgan fingerprint density at radius 1 is 1.12 bits per heavy atom. The molecule has 2 aliphatic rings. The van der Waals surface area contributed by atoms with Gasteiger partial charge in [0.2, 0.25) is 6.17 Å². The Hall–Kier alpha value is -3.35. The van der Waals surface area contributed by atoms with Crippen molar-refractivity contribution in [2.45, 2.75) is 46.7 Å². The van der Waals surface area contributed by atoms with Crippen LogP contribution in [-0.2, 0) is 4.79 Å². The minimum Gasteiger partial charge on any atom is -0.356 e. The van der Waals surface area contributed by atoms with Crippen molar-refractivity contribution in [3.8, 4) is 0 Å². The van der Waals surface area contributed by atoms with Crippen molar-refractivity contribution in [1.29, 1.82) is 0 Å². The van der Waals surface area contributed by atoms with Crippen LogP contribution in [0.15, 0.2) is 53.5 Å². The Balaban J connectivity index is 1.65. The van der Waals surface area contributed by atoms with Gasteiger partial charge in [0.25, 0.3) is 5.91 Å². The maximum absolute atomic E-state index is 13.5. The molecule has 2 N–H and O–H groups in total. The van der Waals surface area contributed by atoms with E-state index in [1.165, 1.54) is 0 Å². The van der Waals surface area contributed by atoms with Crippen LogP contribution in [0.2, 0.25) is 0 Å². The van der Waals surface area contributed by atoms with Crippen molar-refractivity contribution in [2.75, 3.05) is 29.9 Å². The molecular formula is C26H33N5O2. The molecule has 0 spiro atoms. The summed E-state index contributed by atoms with van der Waals surface area (Å²) in [6, 6.07) is 15.0. The maximum atomic E-state index is 13.5. The number of nitrogens with one attached hydrogen (secondary N) is 2. The number of anilines is 2. The summed E-state index contributed by atoms with van der Waals surface area (Å²) in [6.07, 6.45) is 1.09. The largest absolute Gasteiger partial charge is 0.356 e. The molecule has 0 radical (unpaired) electrons. The molecule has 7 heteroatoms. The van der Waals surface area contributed by atoms with E-state index >= 15 is 0 Å². The fourth-order valence-corrected chi connectivity index (χ4v) is 4.42. The molecule has 2 aliphatic heterocycles. The summed E-state index contributed by atoms with van der Waals surface area (Å²) in [5, 5.41) is 5.63. The van der Waals surface area contributed by atoms with Crippen molar-refractivity contribution < 1.29 is 9.59 Å². The second-order valence-electron chi connectivity index (χ2n) is 9.57. The van der Waals surface area contributed by atoms with E-state index in [4.69, 9.17) is 4.99 Å². The molecule has 174 valence electrons.